The van der Waals surface area contributed by atoms with Gasteiger partial charge in [-0.3, -0.25) is 4.79 Å². The Morgan fingerprint density at radius 3 is 2.93 bits per heavy atom. The van der Waals surface area contributed by atoms with Crippen LogP contribution in [0.1, 0.15) is 33.1 Å². The molecule has 1 rings (SSSR count). The number of nitrogens with one attached hydrogen (secondary N) is 1. The highest BCUT2D eigenvalue weighted by molar-refractivity contribution is 8.00. The van der Waals surface area contributed by atoms with E-state index in [-0.39, 0.29) is 16.6 Å². The highest BCUT2D eigenvalue weighted by atomic mass is 32.2. The Kier molecular flexibility index (Phi) is 4.93. The van der Waals surface area contributed by atoms with Gasteiger partial charge in [-0.1, -0.05) is 6.92 Å². The lowest BCUT2D eigenvalue weighted by atomic mass is 10.0. The van der Waals surface area contributed by atoms with Crippen LogP contribution in [0.5, 0.6) is 0 Å². The quantitative estimate of drug-likeness (QED) is 0.750. The van der Waals surface area contributed by atoms with Crippen LogP contribution in [0.3, 0.4) is 0 Å². The lowest BCUT2D eigenvalue weighted by Crippen LogP contribution is -2.37. The first kappa shape index (κ1) is 12.8. The monoisotopic (exact) mass is 230 g/mol. The second kappa shape index (κ2) is 5.75. The third-order valence-electron chi connectivity index (χ3n) is 2.90. The molecule has 15 heavy (non-hydrogen) atoms. The average molecular weight is 230 g/mol. The fraction of sp³-hybridized carbons (Fsp3) is 0.909. The molecule has 1 aliphatic heterocycles. The second-order valence-corrected chi connectivity index (χ2v) is 6.41. The van der Waals surface area contributed by atoms with Crippen molar-refractivity contribution < 1.29 is 4.79 Å². The van der Waals surface area contributed by atoms with Gasteiger partial charge in [-0.15, -0.1) is 0 Å². The van der Waals surface area contributed by atoms with Gasteiger partial charge in [0.25, 0.3) is 0 Å². The van der Waals surface area contributed by atoms with E-state index in [0.717, 1.165) is 6.54 Å². The van der Waals surface area contributed by atoms with Crippen LogP contribution in [0, 0.1) is 5.92 Å². The highest BCUT2D eigenvalue weighted by Crippen LogP contribution is 2.36. The van der Waals surface area contributed by atoms with Crippen LogP contribution in [0.25, 0.3) is 0 Å². The Bertz CT molecular complexity index is 215. The Morgan fingerprint density at radius 2 is 2.40 bits per heavy atom. The van der Waals surface area contributed by atoms with Gasteiger partial charge < -0.3 is 11.1 Å². The van der Waals surface area contributed by atoms with Crippen LogP contribution in [-0.4, -0.2) is 29.5 Å². The smallest absolute Gasteiger partial charge is 0.220 e. The number of hydrogen-bond acceptors (Lipinski definition) is 3. The number of rotatable bonds is 5. The van der Waals surface area contributed by atoms with Gasteiger partial charge in [0.05, 0.1) is 0 Å². The van der Waals surface area contributed by atoms with Crippen molar-refractivity contribution >= 4 is 17.7 Å². The van der Waals surface area contributed by atoms with E-state index >= 15 is 0 Å². The molecule has 0 aliphatic carbocycles. The summed E-state index contributed by atoms with van der Waals surface area (Å²) in [6.07, 6.45) is 3.04. The summed E-state index contributed by atoms with van der Waals surface area (Å²) < 4.78 is 0.265. The minimum atomic E-state index is 0.140. The van der Waals surface area contributed by atoms with Gasteiger partial charge in [-0.2, -0.15) is 11.8 Å². The number of carbonyl (C=O) groups excluding carboxylic acids is 1. The van der Waals surface area contributed by atoms with E-state index in [9.17, 15) is 4.79 Å². The summed E-state index contributed by atoms with van der Waals surface area (Å²) >= 11 is 1.97. The molecular weight excluding hydrogens is 208 g/mol. The second-order valence-electron chi connectivity index (χ2n) is 4.72. The van der Waals surface area contributed by atoms with Gasteiger partial charge in [0.15, 0.2) is 0 Å². The summed E-state index contributed by atoms with van der Waals surface area (Å²) in [5, 5.41) is 3.02. The minimum absolute atomic E-state index is 0.140. The number of nitrogens with two attached hydrogens (primary N) is 1. The predicted molar refractivity (Wildman–Crippen MR) is 65.9 cm³/mol. The van der Waals surface area contributed by atoms with Gasteiger partial charge in [-0.25, -0.2) is 0 Å². The maximum absolute atomic E-state index is 11.5. The van der Waals surface area contributed by atoms with Crippen molar-refractivity contribution in [2.45, 2.75) is 37.9 Å². The number of carbonyl (C=O) groups is 1. The minimum Gasteiger partial charge on any atom is -0.355 e. The fourth-order valence-electron chi connectivity index (χ4n) is 1.73. The molecule has 0 bridgehead atoms. The van der Waals surface area contributed by atoms with Gasteiger partial charge in [-0.05, 0) is 38.0 Å². The molecule has 1 aliphatic rings. The lowest BCUT2D eigenvalue weighted by molar-refractivity contribution is -0.121. The van der Waals surface area contributed by atoms with Gasteiger partial charge in [0, 0.05) is 17.7 Å². The molecule has 0 aromatic heterocycles. The van der Waals surface area contributed by atoms with Crippen molar-refractivity contribution in [2.75, 3.05) is 18.8 Å². The molecule has 0 saturated carbocycles. The van der Waals surface area contributed by atoms with E-state index in [1.54, 1.807) is 0 Å². The summed E-state index contributed by atoms with van der Waals surface area (Å²) in [4.78, 5) is 11.5. The van der Waals surface area contributed by atoms with Crippen LogP contribution in [-0.2, 0) is 4.79 Å². The topological polar surface area (TPSA) is 55.1 Å². The van der Waals surface area contributed by atoms with Crippen molar-refractivity contribution in [3.63, 3.8) is 0 Å². The Labute approximate surface area is 96.6 Å². The van der Waals surface area contributed by atoms with E-state index in [1.807, 2.05) is 18.7 Å². The summed E-state index contributed by atoms with van der Waals surface area (Å²) in [7, 11) is 0. The van der Waals surface area contributed by atoms with Crippen LogP contribution >= 0.6 is 11.8 Å². The van der Waals surface area contributed by atoms with E-state index in [4.69, 9.17) is 5.73 Å². The number of amides is 1. The van der Waals surface area contributed by atoms with Crippen LogP contribution in [0.15, 0.2) is 0 Å². The van der Waals surface area contributed by atoms with E-state index in [2.05, 4.69) is 12.2 Å². The zero-order chi connectivity index (χ0) is 11.3. The molecule has 1 heterocycles. The maximum atomic E-state index is 11.5. The third kappa shape index (κ3) is 4.43. The van der Waals surface area contributed by atoms with Crippen LogP contribution in [0.4, 0.5) is 0 Å². The zero-order valence-electron chi connectivity index (χ0n) is 9.71. The first-order valence-corrected chi connectivity index (χ1v) is 6.65. The van der Waals surface area contributed by atoms with E-state index in [1.165, 1.54) is 18.6 Å². The number of thioether (sulfide) groups is 1. The molecule has 2 atom stereocenters. The predicted octanol–water partition coefficient (Wildman–Crippen LogP) is 1.37. The zero-order valence-corrected chi connectivity index (χ0v) is 10.5. The van der Waals surface area contributed by atoms with Crippen LogP contribution in [0.2, 0.25) is 0 Å². The molecule has 88 valence electrons. The lowest BCUT2D eigenvalue weighted by Gasteiger charge is -2.23. The van der Waals surface area contributed by atoms with Crippen molar-refractivity contribution in [1.29, 1.82) is 0 Å². The molecule has 1 saturated heterocycles. The fourth-order valence-corrected chi connectivity index (χ4v) is 2.98. The SMILES string of the molecule is CC(CN)CC(=O)NCC1(C)CCCS1. The van der Waals surface area contributed by atoms with Crippen molar-refractivity contribution in [1.82, 2.24) is 5.32 Å². The summed E-state index contributed by atoms with van der Waals surface area (Å²) in [6, 6.07) is 0. The van der Waals surface area contributed by atoms with Crippen molar-refractivity contribution in [3.8, 4) is 0 Å². The van der Waals surface area contributed by atoms with E-state index < -0.39 is 0 Å². The summed E-state index contributed by atoms with van der Waals surface area (Å²) in [5.74, 6) is 1.65. The number of hydrogen-bond donors (Lipinski definition) is 2. The van der Waals surface area contributed by atoms with E-state index in [0.29, 0.717) is 13.0 Å². The maximum Gasteiger partial charge on any atom is 0.220 e. The van der Waals surface area contributed by atoms with Gasteiger partial charge in [0.2, 0.25) is 5.91 Å². The standard InChI is InChI=1S/C11H22N2OS/c1-9(7-12)6-10(14)13-8-11(2)4-3-5-15-11/h9H,3-8,12H2,1-2H3,(H,13,14). The molecule has 3 nitrogen and oxygen atoms in total. The summed E-state index contributed by atoms with van der Waals surface area (Å²) in [6.45, 7) is 5.62. The normalized spacial score (nSPS) is 27.7. The Morgan fingerprint density at radius 1 is 1.67 bits per heavy atom. The Balaban J connectivity index is 2.21. The molecule has 4 heteroatoms. The molecule has 1 fully saturated rings. The third-order valence-corrected chi connectivity index (χ3v) is 4.43. The highest BCUT2D eigenvalue weighted by Gasteiger charge is 2.29. The average Bonchev–Trinajstić information content (AvgIpc) is 2.63. The molecule has 0 aromatic carbocycles. The van der Waals surface area contributed by atoms with Crippen molar-refractivity contribution in [2.24, 2.45) is 11.7 Å². The molecule has 3 N–H and O–H groups in total. The molecule has 0 radical (unpaired) electrons. The first-order chi connectivity index (χ1) is 7.06. The largest absolute Gasteiger partial charge is 0.355 e. The molecule has 1 amide bonds. The van der Waals surface area contributed by atoms with Crippen molar-refractivity contribution in [3.05, 3.63) is 0 Å². The molecule has 0 aromatic rings. The summed E-state index contributed by atoms with van der Waals surface area (Å²) in [5.41, 5.74) is 5.48. The van der Waals surface area contributed by atoms with Crippen LogP contribution < -0.4 is 11.1 Å². The molecule has 0 spiro atoms. The van der Waals surface area contributed by atoms with Gasteiger partial charge in [0.1, 0.15) is 0 Å². The molecular formula is C11H22N2OS. The molecule has 2 unspecified atom stereocenters. The first-order valence-electron chi connectivity index (χ1n) is 5.66. The van der Waals surface area contributed by atoms with Gasteiger partial charge >= 0.3 is 0 Å². The Hall–Kier alpha value is -0.220.